The standard InChI is InChI=1S/C46H33N3/c1-46(2)41-20-9-8-19-38(41)40-27-32(21-24-42(40)46)35-22-23-39(37-18-7-6-17-36(35)37)44-28-43(48-45(49-44)30-12-4-3-5-13-30)33-15-10-14-31(26-33)34-16-11-25-47-29-34/h3-29H,1-2H3. The van der Waals surface area contributed by atoms with Crippen molar-refractivity contribution in [1.29, 1.82) is 0 Å². The van der Waals surface area contributed by atoms with E-state index < -0.39 is 0 Å². The van der Waals surface area contributed by atoms with E-state index in [1.54, 1.807) is 6.20 Å². The summed E-state index contributed by atoms with van der Waals surface area (Å²) in [5.74, 6) is 0.702. The first-order chi connectivity index (χ1) is 24.0. The number of rotatable bonds is 5. The van der Waals surface area contributed by atoms with Gasteiger partial charge in [0.2, 0.25) is 0 Å². The lowest BCUT2D eigenvalue weighted by molar-refractivity contribution is 0.660. The van der Waals surface area contributed by atoms with Gasteiger partial charge in [-0.2, -0.15) is 0 Å². The fraction of sp³-hybridized carbons (Fsp3) is 0.0652. The molecule has 49 heavy (non-hydrogen) atoms. The zero-order valence-electron chi connectivity index (χ0n) is 27.4. The van der Waals surface area contributed by atoms with Crippen LogP contribution in [0.25, 0.3) is 78.1 Å². The Morgan fingerprint density at radius 1 is 0.408 bits per heavy atom. The lowest BCUT2D eigenvalue weighted by atomic mass is 9.82. The highest BCUT2D eigenvalue weighted by molar-refractivity contribution is 6.05. The third-order valence-electron chi connectivity index (χ3n) is 10.0. The number of benzene rings is 6. The molecule has 232 valence electrons. The number of aromatic nitrogens is 3. The largest absolute Gasteiger partial charge is 0.264 e. The Hall–Kier alpha value is -6.19. The SMILES string of the molecule is CC1(C)c2ccccc2-c2cc(-c3ccc(-c4cc(-c5cccc(-c6cccnc6)c5)nc(-c5ccccc5)n4)c4ccccc34)ccc21. The molecule has 0 saturated heterocycles. The Morgan fingerprint density at radius 3 is 1.92 bits per heavy atom. The summed E-state index contributed by atoms with van der Waals surface area (Å²) in [6, 6.07) is 54.0. The van der Waals surface area contributed by atoms with E-state index in [-0.39, 0.29) is 5.41 Å². The molecule has 0 atom stereocenters. The second-order valence-corrected chi connectivity index (χ2v) is 13.3. The summed E-state index contributed by atoms with van der Waals surface area (Å²) in [6.45, 7) is 4.66. The minimum absolute atomic E-state index is 0.0188. The van der Waals surface area contributed by atoms with Crippen molar-refractivity contribution in [3.8, 4) is 67.3 Å². The van der Waals surface area contributed by atoms with E-state index in [1.807, 2.05) is 30.5 Å². The number of pyridine rings is 1. The summed E-state index contributed by atoms with van der Waals surface area (Å²) in [6.07, 6.45) is 3.70. The molecule has 0 aliphatic heterocycles. The minimum atomic E-state index is -0.0188. The molecule has 0 amide bonds. The van der Waals surface area contributed by atoms with Crippen LogP contribution in [0.15, 0.2) is 164 Å². The fourth-order valence-corrected chi connectivity index (χ4v) is 7.50. The molecule has 0 radical (unpaired) electrons. The van der Waals surface area contributed by atoms with Crippen LogP contribution in [0.1, 0.15) is 25.0 Å². The maximum absolute atomic E-state index is 5.20. The fourth-order valence-electron chi connectivity index (χ4n) is 7.50. The van der Waals surface area contributed by atoms with Crippen molar-refractivity contribution in [2.75, 3.05) is 0 Å². The average Bonchev–Trinajstić information content (AvgIpc) is 3.40. The van der Waals surface area contributed by atoms with Crippen LogP contribution in [-0.2, 0) is 5.41 Å². The van der Waals surface area contributed by atoms with Crippen LogP contribution in [0.5, 0.6) is 0 Å². The van der Waals surface area contributed by atoms with Crippen molar-refractivity contribution in [3.05, 3.63) is 175 Å². The van der Waals surface area contributed by atoms with E-state index in [0.29, 0.717) is 5.82 Å². The van der Waals surface area contributed by atoms with Crippen LogP contribution >= 0.6 is 0 Å². The number of hydrogen-bond donors (Lipinski definition) is 0. The summed E-state index contributed by atoms with van der Waals surface area (Å²) in [4.78, 5) is 14.7. The van der Waals surface area contributed by atoms with Gasteiger partial charge in [-0.3, -0.25) is 4.98 Å². The van der Waals surface area contributed by atoms with E-state index in [4.69, 9.17) is 9.97 Å². The lowest BCUT2D eigenvalue weighted by Crippen LogP contribution is -2.14. The predicted molar refractivity (Wildman–Crippen MR) is 202 cm³/mol. The Morgan fingerprint density at radius 2 is 1.08 bits per heavy atom. The van der Waals surface area contributed by atoms with Crippen LogP contribution in [0.2, 0.25) is 0 Å². The van der Waals surface area contributed by atoms with E-state index in [0.717, 1.165) is 44.6 Å². The van der Waals surface area contributed by atoms with E-state index >= 15 is 0 Å². The molecule has 3 nitrogen and oxygen atoms in total. The molecule has 0 bridgehead atoms. The Labute approximate surface area is 286 Å². The monoisotopic (exact) mass is 627 g/mol. The third kappa shape index (κ3) is 4.94. The Balaban J connectivity index is 1.21. The molecule has 3 heteroatoms. The third-order valence-corrected chi connectivity index (χ3v) is 10.0. The van der Waals surface area contributed by atoms with Gasteiger partial charge in [0.25, 0.3) is 0 Å². The smallest absolute Gasteiger partial charge is 0.160 e. The van der Waals surface area contributed by atoms with E-state index in [1.165, 1.54) is 38.8 Å². The van der Waals surface area contributed by atoms with Crippen LogP contribution in [-0.4, -0.2) is 15.0 Å². The van der Waals surface area contributed by atoms with Gasteiger partial charge in [-0.05, 0) is 74.0 Å². The van der Waals surface area contributed by atoms with Gasteiger partial charge < -0.3 is 0 Å². The van der Waals surface area contributed by atoms with Crippen molar-refractivity contribution >= 4 is 10.8 Å². The first kappa shape index (κ1) is 29.0. The highest BCUT2D eigenvalue weighted by Gasteiger charge is 2.35. The van der Waals surface area contributed by atoms with Gasteiger partial charge in [-0.1, -0.05) is 141 Å². The van der Waals surface area contributed by atoms with Crippen LogP contribution in [0.3, 0.4) is 0 Å². The van der Waals surface area contributed by atoms with Crippen LogP contribution < -0.4 is 0 Å². The molecular weight excluding hydrogens is 595 g/mol. The molecular formula is C46H33N3. The molecule has 8 aromatic rings. The summed E-state index contributed by atoms with van der Waals surface area (Å²) >= 11 is 0. The number of fused-ring (bicyclic) bond motifs is 4. The van der Waals surface area contributed by atoms with Gasteiger partial charge in [-0.25, -0.2) is 9.97 Å². The topological polar surface area (TPSA) is 38.7 Å². The van der Waals surface area contributed by atoms with Gasteiger partial charge in [0.1, 0.15) is 0 Å². The molecule has 2 heterocycles. The maximum Gasteiger partial charge on any atom is 0.160 e. The van der Waals surface area contributed by atoms with Crippen molar-refractivity contribution in [1.82, 2.24) is 15.0 Å². The highest BCUT2D eigenvalue weighted by Crippen LogP contribution is 2.50. The average molecular weight is 628 g/mol. The molecule has 1 aliphatic rings. The second-order valence-electron chi connectivity index (χ2n) is 13.3. The summed E-state index contributed by atoms with van der Waals surface area (Å²) < 4.78 is 0. The molecule has 6 aromatic carbocycles. The molecule has 0 unspecified atom stereocenters. The maximum atomic E-state index is 5.20. The number of hydrogen-bond acceptors (Lipinski definition) is 3. The summed E-state index contributed by atoms with van der Waals surface area (Å²) in [5, 5.41) is 2.36. The minimum Gasteiger partial charge on any atom is -0.264 e. The van der Waals surface area contributed by atoms with Crippen molar-refractivity contribution in [3.63, 3.8) is 0 Å². The summed E-state index contributed by atoms with van der Waals surface area (Å²) in [7, 11) is 0. The molecule has 0 spiro atoms. The van der Waals surface area contributed by atoms with Crippen LogP contribution in [0.4, 0.5) is 0 Å². The first-order valence-corrected chi connectivity index (χ1v) is 16.8. The molecule has 2 aromatic heterocycles. The van der Waals surface area contributed by atoms with E-state index in [9.17, 15) is 0 Å². The van der Waals surface area contributed by atoms with Crippen molar-refractivity contribution in [2.24, 2.45) is 0 Å². The molecule has 0 N–H and O–H groups in total. The van der Waals surface area contributed by atoms with Crippen LogP contribution in [0, 0.1) is 0 Å². The predicted octanol–water partition coefficient (Wildman–Crippen LogP) is 11.7. The van der Waals surface area contributed by atoms with Gasteiger partial charge in [0.05, 0.1) is 11.4 Å². The van der Waals surface area contributed by atoms with Gasteiger partial charge in [0.15, 0.2) is 5.82 Å². The van der Waals surface area contributed by atoms with E-state index in [2.05, 4.69) is 146 Å². The normalized spacial score (nSPS) is 12.9. The molecule has 0 fully saturated rings. The number of nitrogens with zero attached hydrogens (tertiary/aromatic N) is 3. The zero-order chi connectivity index (χ0) is 33.0. The van der Waals surface area contributed by atoms with Gasteiger partial charge in [-0.15, -0.1) is 0 Å². The first-order valence-electron chi connectivity index (χ1n) is 16.8. The van der Waals surface area contributed by atoms with Gasteiger partial charge >= 0.3 is 0 Å². The van der Waals surface area contributed by atoms with Gasteiger partial charge in [0, 0.05) is 40.1 Å². The quantitative estimate of drug-likeness (QED) is 0.191. The lowest BCUT2D eigenvalue weighted by Gasteiger charge is -2.21. The Kier molecular flexibility index (Phi) is 6.80. The molecule has 1 aliphatic carbocycles. The van der Waals surface area contributed by atoms with Crippen molar-refractivity contribution < 1.29 is 0 Å². The summed E-state index contributed by atoms with van der Waals surface area (Å²) in [5.41, 5.74) is 14.9. The second kappa shape index (κ2) is 11.5. The Bertz CT molecular complexity index is 2520. The van der Waals surface area contributed by atoms with Crippen molar-refractivity contribution in [2.45, 2.75) is 19.3 Å². The zero-order valence-corrected chi connectivity index (χ0v) is 27.4. The molecule has 0 saturated carbocycles. The molecule has 9 rings (SSSR count). The highest BCUT2D eigenvalue weighted by atomic mass is 14.9.